The summed E-state index contributed by atoms with van der Waals surface area (Å²) in [4.78, 5) is 4.80. The summed E-state index contributed by atoms with van der Waals surface area (Å²) in [6.07, 6.45) is 3.37. The van der Waals surface area contributed by atoms with E-state index in [0.29, 0.717) is 6.04 Å². The van der Waals surface area contributed by atoms with Crippen molar-refractivity contribution in [3.05, 3.63) is 16.1 Å². The highest BCUT2D eigenvalue weighted by molar-refractivity contribution is 7.09. The van der Waals surface area contributed by atoms with E-state index in [1.807, 2.05) is 0 Å². The van der Waals surface area contributed by atoms with Gasteiger partial charge in [-0.2, -0.15) is 0 Å². The van der Waals surface area contributed by atoms with Crippen molar-refractivity contribution in [3.8, 4) is 0 Å². The van der Waals surface area contributed by atoms with Gasteiger partial charge in [0.2, 0.25) is 0 Å². The summed E-state index contributed by atoms with van der Waals surface area (Å²) in [5.41, 5.74) is 1.32. The van der Waals surface area contributed by atoms with Crippen LogP contribution in [-0.2, 0) is 16.6 Å². The Balaban J connectivity index is 2.75. The van der Waals surface area contributed by atoms with E-state index in [0.717, 1.165) is 25.8 Å². The topological polar surface area (TPSA) is 34.2 Å². The van der Waals surface area contributed by atoms with E-state index in [-0.39, 0.29) is 11.5 Å². The van der Waals surface area contributed by atoms with Gasteiger partial charge in [-0.05, 0) is 19.4 Å². The second kappa shape index (κ2) is 8.11. The Morgan fingerprint density at radius 3 is 2.50 bits per heavy atom. The summed E-state index contributed by atoms with van der Waals surface area (Å²) in [6.45, 7) is 12.0. The number of hydrogen-bond acceptors (Lipinski definition) is 4. The van der Waals surface area contributed by atoms with Gasteiger partial charge in [0, 0.05) is 30.4 Å². The molecule has 0 aromatic carbocycles. The van der Waals surface area contributed by atoms with Crippen LogP contribution in [0.5, 0.6) is 0 Å². The van der Waals surface area contributed by atoms with E-state index >= 15 is 0 Å². The molecule has 2 unspecified atom stereocenters. The third-order valence-electron chi connectivity index (χ3n) is 3.53. The number of methoxy groups -OCH3 is 1. The Labute approximate surface area is 128 Å². The molecule has 20 heavy (non-hydrogen) atoms. The summed E-state index contributed by atoms with van der Waals surface area (Å²) >= 11 is 1.77. The summed E-state index contributed by atoms with van der Waals surface area (Å²) in [5, 5.41) is 7.01. The summed E-state index contributed by atoms with van der Waals surface area (Å²) in [6, 6.07) is 0.351. The normalized spacial score (nSPS) is 15.3. The Morgan fingerprint density at radius 1 is 1.35 bits per heavy atom. The van der Waals surface area contributed by atoms with E-state index in [2.05, 4.69) is 45.3 Å². The zero-order valence-electron chi connectivity index (χ0n) is 13.8. The molecule has 0 aliphatic rings. The Morgan fingerprint density at radius 2 is 2.05 bits per heavy atom. The van der Waals surface area contributed by atoms with Crippen molar-refractivity contribution < 1.29 is 4.74 Å². The second-order valence-electron chi connectivity index (χ2n) is 6.32. The Hall–Kier alpha value is -0.450. The highest BCUT2D eigenvalue weighted by atomic mass is 32.1. The molecule has 4 heteroatoms. The van der Waals surface area contributed by atoms with E-state index in [1.54, 1.807) is 18.4 Å². The second-order valence-corrected chi connectivity index (χ2v) is 7.27. The Bertz CT molecular complexity index is 380. The number of ether oxygens (including phenoxy) is 1. The predicted octanol–water partition coefficient (Wildman–Crippen LogP) is 3.78. The van der Waals surface area contributed by atoms with Crippen LogP contribution in [0.2, 0.25) is 0 Å². The number of hydrogen-bond donors (Lipinski definition) is 1. The SMILES string of the molecule is CCCNC(Cc1nc(C(C)(C)C)cs1)C(CC)OC. The average Bonchev–Trinajstić information content (AvgIpc) is 2.85. The van der Waals surface area contributed by atoms with Crippen molar-refractivity contribution in [1.82, 2.24) is 10.3 Å². The quantitative estimate of drug-likeness (QED) is 0.793. The van der Waals surface area contributed by atoms with Crippen LogP contribution in [0.15, 0.2) is 5.38 Å². The van der Waals surface area contributed by atoms with E-state index < -0.39 is 0 Å². The van der Waals surface area contributed by atoms with Crippen molar-refractivity contribution in [2.75, 3.05) is 13.7 Å². The summed E-state index contributed by atoms with van der Waals surface area (Å²) in [7, 11) is 1.80. The molecule has 1 heterocycles. The molecule has 0 amide bonds. The van der Waals surface area contributed by atoms with Gasteiger partial charge in [-0.15, -0.1) is 11.3 Å². The Kier molecular flexibility index (Phi) is 7.13. The molecule has 1 N–H and O–H groups in total. The standard InChI is InChI=1S/C16H30N2OS/c1-7-9-17-12(13(8-2)19-6)10-15-18-14(11-20-15)16(3,4)5/h11-13,17H,7-10H2,1-6H3. The number of thiazole rings is 1. The van der Waals surface area contributed by atoms with E-state index in [4.69, 9.17) is 9.72 Å². The largest absolute Gasteiger partial charge is 0.380 e. The average molecular weight is 298 g/mol. The van der Waals surface area contributed by atoms with E-state index in [9.17, 15) is 0 Å². The molecular formula is C16H30N2OS. The van der Waals surface area contributed by atoms with Crippen LogP contribution in [0.3, 0.4) is 0 Å². The minimum absolute atomic E-state index is 0.131. The summed E-state index contributed by atoms with van der Waals surface area (Å²) < 4.78 is 5.62. The molecule has 0 radical (unpaired) electrons. The molecule has 1 aromatic heterocycles. The van der Waals surface area contributed by atoms with Crippen molar-refractivity contribution in [1.29, 1.82) is 0 Å². The fourth-order valence-electron chi connectivity index (χ4n) is 2.22. The number of nitrogens with one attached hydrogen (secondary N) is 1. The molecule has 0 spiro atoms. The molecule has 116 valence electrons. The highest BCUT2D eigenvalue weighted by Crippen LogP contribution is 2.25. The van der Waals surface area contributed by atoms with Crippen LogP contribution in [0.1, 0.15) is 58.2 Å². The lowest BCUT2D eigenvalue weighted by atomic mass is 9.93. The molecule has 2 atom stereocenters. The van der Waals surface area contributed by atoms with Gasteiger partial charge in [-0.1, -0.05) is 34.6 Å². The van der Waals surface area contributed by atoms with Crippen molar-refractivity contribution >= 4 is 11.3 Å². The fourth-order valence-corrected chi connectivity index (χ4v) is 3.30. The molecule has 0 aliphatic heterocycles. The number of aromatic nitrogens is 1. The van der Waals surface area contributed by atoms with Gasteiger partial charge >= 0.3 is 0 Å². The van der Waals surface area contributed by atoms with Crippen LogP contribution in [-0.4, -0.2) is 30.8 Å². The molecule has 0 saturated heterocycles. The first-order valence-corrected chi connectivity index (χ1v) is 8.51. The third kappa shape index (κ3) is 5.15. The first-order chi connectivity index (χ1) is 9.42. The van der Waals surface area contributed by atoms with Crippen LogP contribution in [0.4, 0.5) is 0 Å². The smallest absolute Gasteiger partial charge is 0.0945 e. The minimum atomic E-state index is 0.131. The zero-order valence-corrected chi connectivity index (χ0v) is 14.6. The number of nitrogens with zero attached hydrogens (tertiary/aromatic N) is 1. The zero-order chi connectivity index (χ0) is 15.2. The van der Waals surface area contributed by atoms with Crippen LogP contribution in [0, 0.1) is 0 Å². The van der Waals surface area contributed by atoms with E-state index in [1.165, 1.54) is 10.7 Å². The first-order valence-electron chi connectivity index (χ1n) is 7.63. The monoisotopic (exact) mass is 298 g/mol. The van der Waals surface area contributed by atoms with Crippen LogP contribution >= 0.6 is 11.3 Å². The molecular weight excluding hydrogens is 268 g/mol. The molecule has 1 rings (SSSR count). The van der Waals surface area contributed by atoms with Gasteiger partial charge in [0.25, 0.3) is 0 Å². The maximum absolute atomic E-state index is 5.62. The molecule has 3 nitrogen and oxygen atoms in total. The van der Waals surface area contributed by atoms with Gasteiger partial charge in [-0.25, -0.2) is 4.98 Å². The van der Waals surface area contributed by atoms with Gasteiger partial charge in [0.15, 0.2) is 0 Å². The minimum Gasteiger partial charge on any atom is -0.380 e. The summed E-state index contributed by atoms with van der Waals surface area (Å²) in [5.74, 6) is 0. The molecule has 0 fully saturated rings. The lowest BCUT2D eigenvalue weighted by Crippen LogP contribution is -2.42. The molecule has 0 bridgehead atoms. The van der Waals surface area contributed by atoms with Gasteiger partial charge in [-0.3, -0.25) is 0 Å². The lowest BCUT2D eigenvalue weighted by Gasteiger charge is -2.25. The fraction of sp³-hybridized carbons (Fsp3) is 0.812. The van der Waals surface area contributed by atoms with Crippen molar-refractivity contribution in [2.24, 2.45) is 0 Å². The van der Waals surface area contributed by atoms with Crippen molar-refractivity contribution in [2.45, 2.75) is 71.4 Å². The first kappa shape index (κ1) is 17.6. The van der Waals surface area contributed by atoms with Gasteiger partial charge in [0.1, 0.15) is 0 Å². The van der Waals surface area contributed by atoms with Crippen LogP contribution < -0.4 is 5.32 Å². The predicted molar refractivity (Wildman–Crippen MR) is 87.7 cm³/mol. The van der Waals surface area contributed by atoms with Gasteiger partial charge in [0.05, 0.1) is 16.8 Å². The number of rotatable bonds is 8. The highest BCUT2D eigenvalue weighted by Gasteiger charge is 2.23. The third-order valence-corrected chi connectivity index (χ3v) is 4.40. The maximum Gasteiger partial charge on any atom is 0.0945 e. The molecule has 1 aromatic rings. The van der Waals surface area contributed by atoms with Crippen molar-refractivity contribution in [3.63, 3.8) is 0 Å². The van der Waals surface area contributed by atoms with Crippen LogP contribution in [0.25, 0.3) is 0 Å². The molecule has 0 saturated carbocycles. The van der Waals surface area contributed by atoms with Gasteiger partial charge < -0.3 is 10.1 Å². The maximum atomic E-state index is 5.62. The molecule has 0 aliphatic carbocycles. The lowest BCUT2D eigenvalue weighted by molar-refractivity contribution is 0.0653.